The van der Waals surface area contributed by atoms with Crippen molar-refractivity contribution in [2.24, 2.45) is 0 Å². The predicted molar refractivity (Wildman–Crippen MR) is 183 cm³/mol. The van der Waals surface area contributed by atoms with Gasteiger partial charge >= 0.3 is 5.97 Å². The number of rotatable bonds is 10. The first-order valence-electron chi connectivity index (χ1n) is 14.4. The summed E-state index contributed by atoms with van der Waals surface area (Å²) in [6.07, 6.45) is 1.45. The number of alkyl halides is 1. The van der Waals surface area contributed by atoms with E-state index in [0.29, 0.717) is 41.0 Å². The second-order valence-electron chi connectivity index (χ2n) is 9.33. The molecule has 3 aromatic heterocycles. The highest BCUT2D eigenvalue weighted by Crippen LogP contribution is 2.38. The van der Waals surface area contributed by atoms with Crippen LogP contribution in [0.2, 0.25) is 0 Å². The number of benzene rings is 2. The first kappa shape index (κ1) is 34.3. The molecular weight excluding hydrogens is 673 g/mol. The van der Waals surface area contributed by atoms with Crippen molar-refractivity contribution in [3.05, 3.63) is 71.7 Å². The molecule has 2 N–H and O–H groups in total. The number of halogens is 1. The van der Waals surface area contributed by atoms with Crippen LogP contribution in [-0.2, 0) is 11.3 Å². The summed E-state index contributed by atoms with van der Waals surface area (Å²) in [5, 5.41) is 11.1. The monoisotopic (exact) mass is 713 g/mol. The fourth-order valence-corrected chi connectivity index (χ4v) is 4.43. The van der Waals surface area contributed by atoms with Gasteiger partial charge in [-0.1, -0.05) is 54.6 Å². The van der Waals surface area contributed by atoms with Gasteiger partial charge in [-0.3, -0.25) is 4.68 Å². The first-order chi connectivity index (χ1) is 21.4. The molecule has 12 heteroatoms. The van der Waals surface area contributed by atoms with Gasteiger partial charge in [-0.25, -0.2) is 14.8 Å². The number of carbonyl (C=O) groups excluding carboxylic acids is 1. The molecule has 0 fully saturated rings. The zero-order valence-corrected chi connectivity index (χ0v) is 28.6. The van der Waals surface area contributed by atoms with E-state index in [1.165, 1.54) is 6.20 Å². The quantitative estimate of drug-likeness (QED) is 0.0848. The van der Waals surface area contributed by atoms with Gasteiger partial charge in [-0.15, -0.1) is 0 Å². The van der Waals surface area contributed by atoms with Crippen LogP contribution < -0.4 is 15.4 Å². The molecule has 5 rings (SSSR count). The number of methoxy groups -OCH3 is 1. The van der Waals surface area contributed by atoms with Gasteiger partial charge in [0.05, 0.1) is 37.2 Å². The lowest BCUT2D eigenvalue weighted by Gasteiger charge is -2.18. The molecule has 0 saturated carbocycles. The summed E-state index contributed by atoms with van der Waals surface area (Å²) in [5.41, 5.74) is 4.83. The zero-order valence-electron chi connectivity index (χ0n) is 26.4. The molecule has 0 saturated heterocycles. The molecule has 11 nitrogen and oxygen atoms in total. The molecule has 0 bridgehead atoms. The van der Waals surface area contributed by atoms with Crippen molar-refractivity contribution >= 4 is 57.1 Å². The molecule has 0 aliphatic carbocycles. The number of carbonyl (C=O) groups is 1. The van der Waals surface area contributed by atoms with Gasteiger partial charge < -0.3 is 24.5 Å². The number of nitrogens with one attached hydrogen (secondary N) is 2. The van der Waals surface area contributed by atoms with E-state index in [9.17, 15) is 4.79 Å². The van der Waals surface area contributed by atoms with Gasteiger partial charge in [0.25, 0.3) is 0 Å². The lowest BCUT2D eigenvalue weighted by molar-refractivity contribution is 0.0526. The van der Waals surface area contributed by atoms with Crippen molar-refractivity contribution < 1.29 is 18.7 Å². The highest BCUT2D eigenvalue weighted by molar-refractivity contribution is 14.1. The van der Waals surface area contributed by atoms with Crippen LogP contribution in [0.15, 0.2) is 59.1 Å². The minimum Gasteiger partial charge on any atom is -0.494 e. The van der Waals surface area contributed by atoms with Gasteiger partial charge in [-0.2, -0.15) is 10.1 Å². The summed E-state index contributed by atoms with van der Waals surface area (Å²) in [6, 6.07) is 15.0. The van der Waals surface area contributed by atoms with E-state index in [-0.39, 0.29) is 24.0 Å². The third-order valence-electron chi connectivity index (χ3n) is 6.21. The second kappa shape index (κ2) is 16.6. The number of aromatic nitrogens is 5. The van der Waals surface area contributed by atoms with E-state index in [1.54, 1.807) is 14.0 Å². The van der Waals surface area contributed by atoms with E-state index in [2.05, 4.69) is 53.3 Å². The van der Waals surface area contributed by atoms with Crippen molar-refractivity contribution in [2.45, 2.75) is 54.1 Å². The maximum absolute atomic E-state index is 12.8. The molecule has 2 aromatic carbocycles. The van der Waals surface area contributed by atoms with Gasteiger partial charge in [0, 0.05) is 17.9 Å². The summed E-state index contributed by atoms with van der Waals surface area (Å²) in [5.74, 6) is 0.965. The molecule has 0 aliphatic heterocycles. The molecule has 3 heterocycles. The molecule has 1 unspecified atom stereocenters. The Kier molecular flexibility index (Phi) is 12.9. The number of esters is 1. The summed E-state index contributed by atoms with van der Waals surface area (Å²) >= 11 is 2.15. The number of aryl methyl sites for hydroxylation is 2. The van der Waals surface area contributed by atoms with E-state index >= 15 is 0 Å². The van der Waals surface area contributed by atoms with Crippen LogP contribution in [0, 0.1) is 13.8 Å². The van der Waals surface area contributed by atoms with Crippen molar-refractivity contribution in [3.63, 3.8) is 0 Å². The Hall–Kier alpha value is -4.20. The van der Waals surface area contributed by atoms with Crippen LogP contribution in [0.25, 0.3) is 22.6 Å². The maximum atomic E-state index is 12.8. The Morgan fingerprint density at radius 3 is 2.50 bits per heavy atom. The highest BCUT2D eigenvalue weighted by atomic mass is 127. The average molecular weight is 714 g/mol. The smallest absolute Gasteiger partial charge is 0.343 e. The first-order valence-corrected chi connectivity index (χ1v) is 16.5. The Morgan fingerprint density at radius 1 is 1.09 bits per heavy atom. The van der Waals surface area contributed by atoms with Crippen LogP contribution in [0.5, 0.6) is 5.75 Å². The number of fused-ring (bicyclic) bond motifs is 1. The third kappa shape index (κ3) is 8.24. The van der Waals surface area contributed by atoms with Crippen molar-refractivity contribution in [3.8, 4) is 17.2 Å². The van der Waals surface area contributed by atoms with E-state index in [1.807, 2.05) is 92.8 Å². The molecule has 0 aliphatic rings. The minimum atomic E-state index is -0.540. The summed E-state index contributed by atoms with van der Waals surface area (Å²) < 4.78 is 18.9. The Balaban J connectivity index is 0.00000127. The summed E-state index contributed by atoms with van der Waals surface area (Å²) in [4.78, 5) is 28.4. The molecule has 0 amide bonds. The van der Waals surface area contributed by atoms with Crippen LogP contribution >= 0.6 is 22.6 Å². The molecule has 5 aromatic rings. The van der Waals surface area contributed by atoms with Crippen LogP contribution in [0.1, 0.15) is 49.4 Å². The van der Waals surface area contributed by atoms with E-state index in [0.717, 1.165) is 16.9 Å². The Bertz CT molecular complexity index is 1630. The largest absolute Gasteiger partial charge is 0.494 e. The number of hydrogen-bond acceptors (Lipinski definition) is 10. The van der Waals surface area contributed by atoms with Gasteiger partial charge in [0.1, 0.15) is 11.1 Å². The fourth-order valence-electron chi connectivity index (χ4n) is 4.43. The topological polar surface area (TPSA) is 129 Å². The van der Waals surface area contributed by atoms with Gasteiger partial charge in [0.2, 0.25) is 11.8 Å². The molecule has 234 valence electrons. The number of para-hydroxylation sites is 3. The molecule has 0 spiro atoms. The van der Waals surface area contributed by atoms with Crippen LogP contribution in [0.4, 0.5) is 17.5 Å². The molecule has 0 radical (unpaired) electrons. The number of oxazole rings is 1. The van der Waals surface area contributed by atoms with Crippen molar-refractivity contribution in [1.82, 2.24) is 24.7 Å². The SMILES string of the molecule is CC.CCOC(=O)c1cnc(NC(C)Cn2nc(C)cc2C)nc1Nc1cccc(-c2nc3ccccc3o2)c1OC.CI. The summed E-state index contributed by atoms with van der Waals surface area (Å²) in [7, 11) is 1.56. The predicted octanol–water partition coefficient (Wildman–Crippen LogP) is 7.61. The maximum Gasteiger partial charge on any atom is 0.343 e. The van der Waals surface area contributed by atoms with Crippen LogP contribution in [-0.4, -0.2) is 55.4 Å². The number of anilines is 3. The minimum absolute atomic E-state index is 0.0451. The van der Waals surface area contributed by atoms with E-state index < -0.39 is 5.97 Å². The standard InChI is InChI=1S/C29H31N7O4.C2H6.CH3I/c1-6-39-28(37)21-15-30-29(31-18(3)16-36-19(4)14-17(2)35-36)34-26(21)32-23-12-9-10-20(25(23)38-5)27-33-22-11-7-8-13-24(22)40-27;2*1-2/h7-15,18H,6,16H2,1-5H3,(H2,30,31,32,34);1-2H3;1H3. The second-order valence-corrected chi connectivity index (χ2v) is 9.33. The number of hydrogen-bond donors (Lipinski definition) is 2. The van der Waals surface area contributed by atoms with Gasteiger partial charge in [0.15, 0.2) is 17.2 Å². The third-order valence-corrected chi connectivity index (χ3v) is 6.21. The van der Waals surface area contributed by atoms with E-state index in [4.69, 9.17) is 13.9 Å². The highest BCUT2D eigenvalue weighted by Gasteiger charge is 2.21. The fraction of sp³-hybridized carbons (Fsp3) is 0.344. The number of nitrogens with zero attached hydrogens (tertiary/aromatic N) is 5. The Labute approximate surface area is 271 Å². The normalized spacial score (nSPS) is 11.0. The van der Waals surface area contributed by atoms with Crippen LogP contribution in [0.3, 0.4) is 0 Å². The summed E-state index contributed by atoms with van der Waals surface area (Å²) in [6.45, 7) is 12.6. The zero-order chi connectivity index (χ0) is 32.2. The lowest BCUT2D eigenvalue weighted by atomic mass is 10.1. The average Bonchev–Trinajstić information content (AvgIpc) is 3.60. The van der Waals surface area contributed by atoms with Crippen molar-refractivity contribution in [1.29, 1.82) is 0 Å². The van der Waals surface area contributed by atoms with Gasteiger partial charge in [-0.05, 0) is 63.0 Å². The lowest BCUT2D eigenvalue weighted by Crippen LogP contribution is -2.25. The molecular formula is C32H40IN7O4. The number of ether oxygens (including phenoxy) is 2. The molecule has 44 heavy (non-hydrogen) atoms. The molecule has 1 atom stereocenters. The van der Waals surface area contributed by atoms with Crippen molar-refractivity contribution in [2.75, 3.05) is 29.3 Å². The Morgan fingerprint density at radius 2 is 1.84 bits per heavy atom.